The maximum absolute atomic E-state index is 11.8. The van der Waals surface area contributed by atoms with Crippen LogP contribution in [0.5, 0.6) is 0 Å². The van der Waals surface area contributed by atoms with Crippen molar-refractivity contribution in [3.8, 4) is 0 Å². The Bertz CT molecular complexity index is 428. The predicted molar refractivity (Wildman–Crippen MR) is 90.5 cm³/mol. The van der Waals surface area contributed by atoms with Gasteiger partial charge in [-0.05, 0) is 58.3 Å². The lowest BCUT2D eigenvalue weighted by Gasteiger charge is -2.31. The van der Waals surface area contributed by atoms with E-state index in [-0.39, 0.29) is 17.4 Å². The maximum Gasteiger partial charge on any atom is 0.407 e. The maximum atomic E-state index is 11.8. The fraction of sp³-hybridized carbons (Fsp3) is 0.882. The van der Waals surface area contributed by atoms with Gasteiger partial charge in [0.05, 0.1) is 5.38 Å². The number of ether oxygens (including phenoxy) is 1. The van der Waals surface area contributed by atoms with Crippen molar-refractivity contribution in [2.75, 3.05) is 19.6 Å². The molecule has 1 saturated heterocycles. The summed E-state index contributed by atoms with van der Waals surface area (Å²) < 4.78 is 5.25. The topological polar surface area (TPSA) is 58.6 Å². The van der Waals surface area contributed by atoms with Crippen molar-refractivity contribution in [3.05, 3.63) is 0 Å². The van der Waals surface area contributed by atoms with Crippen molar-refractivity contribution in [1.82, 2.24) is 10.2 Å². The summed E-state index contributed by atoms with van der Waals surface area (Å²) in [6.45, 7) is 7.80. The van der Waals surface area contributed by atoms with Crippen molar-refractivity contribution in [1.29, 1.82) is 0 Å². The Hall–Kier alpha value is -0.970. The SMILES string of the molecule is CC(C)(C)OC(=O)NCC1CCC(CN2CC(Cl)CC2=O)CC1. The van der Waals surface area contributed by atoms with E-state index in [9.17, 15) is 9.59 Å². The van der Waals surface area contributed by atoms with Crippen LogP contribution in [0.25, 0.3) is 0 Å². The van der Waals surface area contributed by atoms with Gasteiger partial charge in [0.25, 0.3) is 0 Å². The third-order valence-corrected chi connectivity index (χ3v) is 4.84. The fourth-order valence-electron chi connectivity index (χ4n) is 3.37. The van der Waals surface area contributed by atoms with E-state index in [1.807, 2.05) is 25.7 Å². The molecule has 1 saturated carbocycles. The first-order chi connectivity index (χ1) is 10.7. The molecule has 5 nitrogen and oxygen atoms in total. The van der Waals surface area contributed by atoms with E-state index in [0.717, 1.165) is 32.2 Å². The van der Waals surface area contributed by atoms with Gasteiger partial charge in [0.1, 0.15) is 5.60 Å². The number of nitrogens with one attached hydrogen (secondary N) is 1. The van der Waals surface area contributed by atoms with Gasteiger partial charge in [-0.3, -0.25) is 4.79 Å². The molecule has 2 fully saturated rings. The van der Waals surface area contributed by atoms with Crippen molar-refractivity contribution < 1.29 is 14.3 Å². The van der Waals surface area contributed by atoms with E-state index in [4.69, 9.17) is 16.3 Å². The normalized spacial score (nSPS) is 28.8. The van der Waals surface area contributed by atoms with Gasteiger partial charge in [0.2, 0.25) is 5.91 Å². The first-order valence-corrected chi connectivity index (χ1v) is 9.05. The van der Waals surface area contributed by atoms with E-state index in [1.54, 1.807) is 0 Å². The van der Waals surface area contributed by atoms with E-state index in [1.165, 1.54) is 0 Å². The summed E-state index contributed by atoms with van der Waals surface area (Å²) in [5, 5.41) is 2.85. The average molecular weight is 345 g/mol. The number of carbonyl (C=O) groups excluding carboxylic acids is 2. The largest absolute Gasteiger partial charge is 0.444 e. The molecule has 0 aromatic rings. The summed E-state index contributed by atoms with van der Waals surface area (Å²) in [5.74, 6) is 1.27. The number of amides is 2. The molecule has 132 valence electrons. The van der Waals surface area contributed by atoms with Crippen LogP contribution >= 0.6 is 11.6 Å². The quantitative estimate of drug-likeness (QED) is 0.797. The Labute approximate surface area is 144 Å². The van der Waals surface area contributed by atoms with Crippen molar-refractivity contribution >= 4 is 23.6 Å². The molecule has 23 heavy (non-hydrogen) atoms. The molecule has 6 heteroatoms. The molecule has 1 aliphatic heterocycles. The standard InChI is InChI=1S/C17H29ClN2O3/c1-17(2,3)23-16(22)19-9-12-4-6-13(7-5-12)10-20-11-14(18)8-15(20)21/h12-14H,4-11H2,1-3H3,(H,19,22). The molecule has 0 radical (unpaired) electrons. The molecule has 0 bridgehead atoms. The highest BCUT2D eigenvalue weighted by molar-refractivity contribution is 6.22. The highest BCUT2D eigenvalue weighted by Gasteiger charge is 2.31. The first-order valence-electron chi connectivity index (χ1n) is 8.61. The van der Waals surface area contributed by atoms with Crippen LogP contribution in [0, 0.1) is 11.8 Å². The second kappa shape index (κ2) is 7.73. The van der Waals surface area contributed by atoms with Crippen molar-refractivity contribution in [2.24, 2.45) is 11.8 Å². The lowest BCUT2D eigenvalue weighted by atomic mass is 9.82. The summed E-state index contributed by atoms with van der Waals surface area (Å²) in [6.07, 6.45) is 4.54. The van der Waals surface area contributed by atoms with Gasteiger partial charge in [0, 0.05) is 26.1 Å². The molecule has 1 N–H and O–H groups in total. The predicted octanol–water partition coefficient (Wildman–Crippen LogP) is 3.16. The molecule has 2 rings (SSSR count). The Kier molecular flexibility index (Phi) is 6.18. The van der Waals surface area contributed by atoms with Gasteiger partial charge in [0.15, 0.2) is 0 Å². The summed E-state index contributed by atoms with van der Waals surface area (Å²) in [6, 6.07) is 0. The molecule has 0 aromatic heterocycles. The summed E-state index contributed by atoms with van der Waals surface area (Å²) in [7, 11) is 0. The third-order valence-electron chi connectivity index (χ3n) is 4.55. The lowest BCUT2D eigenvalue weighted by molar-refractivity contribution is -0.128. The van der Waals surface area contributed by atoms with Crippen LogP contribution in [-0.4, -0.2) is 47.5 Å². The molecular weight excluding hydrogens is 316 g/mol. The minimum atomic E-state index is -0.454. The van der Waals surface area contributed by atoms with Gasteiger partial charge >= 0.3 is 6.09 Å². The van der Waals surface area contributed by atoms with Crippen LogP contribution in [-0.2, 0) is 9.53 Å². The van der Waals surface area contributed by atoms with Gasteiger partial charge in [-0.15, -0.1) is 11.6 Å². The highest BCUT2D eigenvalue weighted by Crippen LogP contribution is 2.30. The number of nitrogens with zero attached hydrogens (tertiary/aromatic N) is 1. The number of alkyl carbamates (subject to hydrolysis) is 1. The minimum Gasteiger partial charge on any atom is -0.444 e. The van der Waals surface area contributed by atoms with Crippen LogP contribution in [0.15, 0.2) is 0 Å². The van der Waals surface area contributed by atoms with Crippen LogP contribution in [0.4, 0.5) is 4.79 Å². The van der Waals surface area contributed by atoms with Crippen LogP contribution in [0.3, 0.4) is 0 Å². The van der Waals surface area contributed by atoms with Crippen LogP contribution in [0.1, 0.15) is 52.9 Å². The number of rotatable bonds is 4. The Morgan fingerprint density at radius 3 is 2.39 bits per heavy atom. The molecule has 1 unspecified atom stereocenters. The monoisotopic (exact) mass is 344 g/mol. The second-order valence-electron chi connectivity index (χ2n) is 7.87. The Balaban J connectivity index is 1.64. The number of halogens is 1. The summed E-state index contributed by atoms with van der Waals surface area (Å²) >= 11 is 6.04. The summed E-state index contributed by atoms with van der Waals surface area (Å²) in [4.78, 5) is 25.4. The second-order valence-corrected chi connectivity index (χ2v) is 8.49. The van der Waals surface area contributed by atoms with Gasteiger partial charge in [-0.2, -0.15) is 0 Å². The number of carbonyl (C=O) groups is 2. The van der Waals surface area contributed by atoms with E-state index >= 15 is 0 Å². The molecular formula is C17H29ClN2O3. The number of alkyl halides is 1. The third kappa shape index (κ3) is 6.21. The smallest absolute Gasteiger partial charge is 0.407 e. The van der Waals surface area contributed by atoms with Gasteiger partial charge < -0.3 is 15.0 Å². The molecule has 2 amide bonds. The first kappa shape index (κ1) is 18.4. The van der Waals surface area contributed by atoms with Crippen molar-refractivity contribution in [2.45, 2.75) is 63.9 Å². The van der Waals surface area contributed by atoms with Crippen LogP contribution < -0.4 is 5.32 Å². The molecule has 1 atom stereocenters. The number of hydrogen-bond acceptors (Lipinski definition) is 3. The zero-order valence-corrected chi connectivity index (χ0v) is 15.2. The molecule has 0 aromatic carbocycles. The van der Waals surface area contributed by atoms with Crippen LogP contribution in [0.2, 0.25) is 0 Å². The van der Waals surface area contributed by atoms with E-state index < -0.39 is 5.60 Å². The van der Waals surface area contributed by atoms with E-state index in [2.05, 4.69) is 5.32 Å². The Morgan fingerprint density at radius 2 is 1.87 bits per heavy atom. The summed E-state index contributed by atoms with van der Waals surface area (Å²) in [5.41, 5.74) is -0.454. The fourth-order valence-corrected chi connectivity index (χ4v) is 3.67. The van der Waals surface area contributed by atoms with Gasteiger partial charge in [-0.1, -0.05) is 0 Å². The number of likely N-dealkylation sites (tertiary alicyclic amines) is 1. The van der Waals surface area contributed by atoms with Gasteiger partial charge in [-0.25, -0.2) is 4.79 Å². The molecule has 2 aliphatic rings. The minimum absolute atomic E-state index is 0.0168. The zero-order valence-electron chi connectivity index (χ0n) is 14.4. The Morgan fingerprint density at radius 1 is 1.26 bits per heavy atom. The number of hydrogen-bond donors (Lipinski definition) is 1. The lowest BCUT2D eigenvalue weighted by Crippen LogP contribution is -2.37. The average Bonchev–Trinajstić information content (AvgIpc) is 2.74. The zero-order chi connectivity index (χ0) is 17.0. The van der Waals surface area contributed by atoms with E-state index in [0.29, 0.717) is 31.3 Å². The molecule has 0 spiro atoms. The highest BCUT2D eigenvalue weighted by atomic mass is 35.5. The van der Waals surface area contributed by atoms with Crippen molar-refractivity contribution in [3.63, 3.8) is 0 Å². The molecule has 1 heterocycles. The molecule has 1 aliphatic carbocycles.